The quantitative estimate of drug-likeness (QED) is 0.714. The minimum absolute atomic E-state index is 0.137. The van der Waals surface area contributed by atoms with Gasteiger partial charge in [-0.15, -0.1) is 0 Å². The summed E-state index contributed by atoms with van der Waals surface area (Å²) in [6.45, 7) is 3.56. The normalized spacial score (nSPS) is 11.4. The maximum Gasteiger partial charge on any atom is 0.262 e. The molecule has 0 aliphatic heterocycles. The van der Waals surface area contributed by atoms with Gasteiger partial charge in [0.15, 0.2) is 0 Å². The van der Waals surface area contributed by atoms with E-state index >= 15 is 0 Å². The van der Waals surface area contributed by atoms with Gasteiger partial charge in [0.05, 0.1) is 35.4 Å². The molecule has 1 N–H and O–H groups in total. The van der Waals surface area contributed by atoms with Gasteiger partial charge in [-0.2, -0.15) is 0 Å². The third-order valence-electron chi connectivity index (χ3n) is 3.93. The fourth-order valence-corrected chi connectivity index (χ4v) is 4.14. The van der Waals surface area contributed by atoms with Gasteiger partial charge in [0.25, 0.3) is 10.0 Å². The molecule has 0 amide bonds. The summed E-state index contributed by atoms with van der Waals surface area (Å²) in [7, 11) is -2.24. The molecule has 0 aliphatic carbocycles. The van der Waals surface area contributed by atoms with Crippen molar-refractivity contribution < 1.29 is 13.2 Å². The summed E-state index contributed by atoms with van der Waals surface area (Å²) < 4.78 is 35.2. The summed E-state index contributed by atoms with van der Waals surface area (Å²) in [5, 5.41) is 0.399. The third-order valence-corrected chi connectivity index (χ3v) is 5.86. The Morgan fingerprint density at radius 2 is 1.96 bits per heavy atom. The molecule has 3 rings (SSSR count). The summed E-state index contributed by atoms with van der Waals surface area (Å²) in [5.74, 6) is 0.519. The maximum absolute atomic E-state index is 12.7. The average Bonchev–Trinajstić information content (AvgIpc) is 3.03. The highest BCUT2D eigenvalue weighted by Gasteiger charge is 2.19. The number of aromatic nitrogens is 2. The molecule has 0 bridgehead atoms. The van der Waals surface area contributed by atoms with Crippen LogP contribution in [0.15, 0.2) is 53.8 Å². The second-order valence-electron chi connectivity index (χ2n) is 5.78. The van der Waals surface area contributed by atoms with Crippen LogP contribution in [0.4, 0.5) is 5.69 Å². The van der Waals surface area contributed by atoms with Crippen LogP contribution < -0.4 is 9.46 Å². The van der Waals surface area contributed by atoms with Crippen molar-refractivity contribution in [2.24, 2.45) is 0 Å². The number of anilines is 1. The first-order chi connectivity index (χ1) is 12.3. The molecule has 0 spiro atoms. The summed E-state index contributed by atoms with van der Waals surface area (Å²) >= 11 is 6.04. The lowest BCUT2D eigenvalue weighted by molar-refractivity contribution is 0.413. The van der Waals surface area contributed by atoms with E-state index in [9.17, 15) is 8.42 Å². The van der Waals surface area contributed by atoms with Crippen molar-refractivity contribution in [3.63, 3.8) is 0 Å². The molecule has 1 aromatic heterocycles. The van der Waals surface area contributed by atoms with Crippen LogP contribution >= 0.6 is 11.6 Å². The van der Waals surface area contributed by atoms with Gasteiger partial charge in [-0.05, 0) is 43.7 Å². The highest BCUT2D eigenvalue weighted by atomic mass is 35.5. The van der Waals surface area contributed by atoms with Crippen LogP contribution in [-0.2, 0) is 10.0 Å². The van der Waals surface area contributed by atoms with Gasteiger partial charge >= 0.3 is 0 Å². The Balaban J connectivity index is 1.96. The van der Waals surface area contributed by atoms with Crippen molar-refractivity contribution in [2.75, 3.05) is 11.8 Å². The lowest BCUT2D eigenvalue weighted by Gasteiger charge is -2.14. The highest BCUT2D eigenvalue weighted by molar-refractivity contribution is 7.92. The molecule has 6 nitrogen and oxygen atoms in total. The Morgan fingerprint density at radius 1 is 1.19 bits per heavy atom. The van der Waals surface area contributed by atoms with E-state index in [1.165, 1.54) is 13.2 Å². The van der Waals surface area contributed by atoms with Crippen LogP contribution in [0.2, 0.25) is 5.02 Å². The molecule has 0 saturated heterocycles. The molecular weight excluding hydrogens is 374 g/mol. The zero-order valence-electron chi connectivity index (χ0n) is 14.5. The summed E-state index contributed by atoms with van der Waals surface area (Å²) in [5.41, 5.74) is 2.52. The number of nitrogens with zero attached hydrogens (tertiary/aromatic N) is 2. The minimum atomic E-state index is -3.77. The number of hydrogen-bond acceptors (Lipinski definition) is 4. The average molecular weight is 392 g/mol. The number of nitrogens with one attached hydrogen (secondary N) is 1. The lowest BCUT2D eigenvalue weighted by atomic mass is 10.2. The molecule has 3 aromatic rings. The Bertz CT molecular complexity index is 1060. The number of hydrogen-bond donors (Lipinski definition) is 1. The molecule has 0 fully saturated rings. The maximum atomic E-state index is 12.7. The molecule has 0 unspecified atom stereocenters. The molecule has 136 valence electrons. The Labute approximate surface area is 157 Å². The van der Waals surface area contributed by atoms with Gasteiger partial charge in [0.1, 0.15) is 5.75 Å². The largest absolute Gasteiger partial charge is 0.494 e. The van der Waals surface area contributed by atoms with Gasteiger partial charge in [0.2, 0.25) is 0 Å². The number of benzene rings is 2. The van der Waals surface area contributed by atoms with E-state index < -0.39 is 10.0 Å². The van der Waals surface area contributed by atoms with E-state index in [4.69, 9.17) is 16.3 Å². The Hall–Kier alpha value is -2.51. The fraction of sp³-hybridized carbons (Fsp3) is 0.167. The van der Waals surface area contributed by atoms with E-state index in [0.717, 1.165) is 11.4 Å². The predicted octanol–water partition coefficient (Wildman–Crippen LogP) is 3.95. The lowest BCUT2D eigenvalue weighted by Crippen LogP contribution is -2.14. The second kappa shape index (κ2) is 7.01. The number of methoxy groups -OCH3 is 1. The molecule has 0 saturated carbocycles. The SMILES string of the molecule is COc1cc(NS(=O)(=O)c2cccc(Cl)c2C)ccc1-n1cnc(C)c1. The van der Waals surface area contributed by atoms with E-state index in [-0.39, 0.29) is 4.90 Å². The second-order valence-corrected chi connectivity index (χ2v) is 7.84. The first-order valence-corrected chi connectivity index (χ1v) is 9.65. The smallest absolute Gasteiger partial charge is 0.262 e. The van der Waals surface area contributed by atoms with Crippen molar-refractivity contribution in [1.29, 1.82) is 0 Å². The van der Waals surface area contributed by atoms with Crippen LogP contribution in [0.3, 0.4) is 0 Å². The van der Waals surface area contributed by atoms with Crippen LogP contribution in [0, 0.1) is 13.8 Å². The van der Waals surface area contributed by atoms with Crippen molar-refractivity contribution in [1.82, 2.24) is 9.55 Å². The Kier molecular flexibility index (Phi) is 4.93. The fourth-order valence-electron chi connectivity index (χ4n) is 2.60. The monoisotopic (exact) mass is 391 g/mol. The van der Waals surface area contributed by atoms with E-state index in [0.29, 0.717) is 22.0 Å². The van der Waals surface area contributed by atoms with E-state index in [1.807, 2.05) is 17.7 Å². The number of imidazole rings is 1. The third kappa shape index (κ3) is 3.54. The van der Waals surface area contributed by atoms with Crippen LogP contribution in [0.1, 0.15) is 11.3 Å². The number of aryl methyl sites for hydroxylation is 1. The Morgan fingerprint density at radius 3 is 2.62 bits per heavy atom. The summed E-state index contributed by atoms with van der Waals surface area (Å²) in [6.07, 6.45) is 3.53. The molecule has 0 atom stereocenters. The van der Waals surface area contributed by atoms with Gasteiger partial charge in [-0.1, -0.05) is 17.7 Å². The van der Waals surface area contributed by atoms with E-state index in [2.05, 4.69) is 9.71 Å². The first-order valence-electron chi connectivity index (χ1n) is 7.79. The zero-order chi connectivity index (χ0) is 18.9. The van der Waals surface area contributed by atoms with Gasteiger partial charge in [-0.25, -0.2) is 13.4 Å². The van der Waals surface area contributed by atoms with Crippen molar-refractivity contribution >= 4 is 27.3 Å². The zero-order valence-corrected chi connectivity index (χ0v) is 16.1. The van der Waals surface area contributed by atoms with Crippen molar-refractivity contribution in [3.8, 4) is 11.4 Å². The van der Waals surface area contributed by atoms with Gasteiger partial charge in [-0.3, -0.25) is 4.72 Å². The number of ether oxygens (including phenoxy) is 1. The number of halogens is 1. The van der Waals surface area contributed by atoms with Crippen LogP contribution in [-0.4, -0.2) is 25.1 Å². The van der Waals surface area contributed by atoms with Crippen LogP contribution in [0.5, 0.6) is 5.75 Å². The van der Waals surface area contributed by atoms with Crippen molar-refractivity contribution in [3.05, 3.63) is 65.2 Å². The van der Waals surface area contributed by atoms with Gasteiger partial charge in [0, 0.05) is 17.3 Å². The summed E-state index contributed by atoms with van der Waals surface area (Å²) in [4.78, 5) is 4.33. The highest BCUT2D eigenvalue weighted by Crippen LogP contribution is 2.29. The number of sulfonamides is 1. The summed E-state index contributed by atoms with van der Waals surface area (Å²) in [6, 6.07) is 9.84. The topological polar surface area (TPSA) is 73.2 Å². The predicted molar refractivity (Wildman–Crippen MR) is 102 cm³/mol. The first kappa shape index (κ1) is 18.3. The molecule has 2 aromatic carbocycles. The molecule has 8 heteroatoms. The van der Waals surface area contributed by atoms with Gasteiger partial charge < -0.3 is 9.30 Å². The van der Waals surface area contributed by atoms with Crippen molar-refractivity contribution in [2.45, 2.75) is 18.7 Å². The standard InChI is InChI=1S/C18H18ClN3O3S/c1-12-10-22(11-20-12)16-8-7-14(9-17(16)25-3)21-26(23,24)18-6-4-5-15(19)13(18)2/h4-11,21H,1-3H3. The molecule has 26 heavy (non-hydrogen) atoms. The minimum Gasteiger partial charge on any atom is -0.494 e. The van der Waals surface area contributed by atoms with E-state index in [1.54, 1.807) is 43.6 Å². The molecule has 0 radical (unpaired) electrons. The number of rotatable bonds is 5. The molecule has 0 aliphatic rings. The molecule has 1 heterocycles. The molecular formula is C18H18ClN3O3S. The van der Waals surface area contributed by atoms with Crippen LogP contribution in [0.25, 0.3) is 5.69 Å².